The lowest BCUT2D eigenvalue weighted by Gasteiger charge is -2.07. The van der Waals surface area contributed by atoms with Crippen molar-refractivity contribution in [3.05, 3.63) is 70.8 Å². The van der Waals surface area contributed by atoms with E-state index in [-0.39, 0.29) is 18.0 Å². The fourth-order valence-corrected chi connectivity index (χ4v) is 2.21. The molecule has 0 fully saturated rings. The third-order valence-corrected chi connectivity index (χ3v) is 3.31. The van der Waals surface area contributed by atoms with E-state index < -0.39 is 0 Å². The summed E-state index contributed by atoms with van der Waals surface area (Å²) in [6.07, 6.45) is 0.779. The second kappa shape index (κ2) is 6.29. The number of hydrogen-bond donors (Lipinski definition) is 0. The largest absolute Gasteiger partial charge is 0.300 e. The zero-order valence-electron chi connectivity index (χ0n) is 11.8. The van der Waals surface area contributed by atoms with Gasteiger partial charge in [-0.25, -0.2) is 0 Å². The first-order valence-electron chi connectivity index (χ1n) is 6.72. The van der Waals surface area contributed by atoms with Crippen LogP contribution in [0.25, 0.3) is 0 Å². The Morgan fingerprint density at radius 2 is 1.75 bits per heavy atom. The van der Waals surface area contributed by atoms with Crippen LogP contribution in [0.4, 0.5) is 0 Å². The van der Waals surface area contributed by atoms with Crippen LogP contribution in [0.1, 0.15) is 40.4 Å². The Labute approximate surface area is 119 Å². The molecule has 2 heteroatoms. The van der Waals surface area contributed by atoms with Gasteiger partial charge in [0, 0.05) is 5.56 Å². The monoisotopic (exact) mass is 266 g/mol. The number of hydrogen-bond acceptors (Lipinski definition) is 2. The highest BCUT2D eigenvalue weighted by Gasteiger charge is 2.09. The van der Waals surface area contributed by atoms with Gasteiger partial charge in [-0.15, -0.1) is 0 Å². The molecule has 0 amide bonds. The van der Waals surface area contributed by atoms with E-state index in [0.29, 0.717) is 5.56 Å². The summed E-state index contributed by atoms with van der Waals surface area (Å²) in [6, 6.07) is 15.8. The van der Waals surface area contributed by atoms with Gasteiger partial charge >= 0.3 is 0 Å². The van der Waals surface area contributed by atoms with Gasteiger partial charge in [0.05, 0.1) is 6.42 Å². The number of Topliss-reactive ketones (excluding diaryl/α,β-unsaturated/α-hetero) is 2. The molecular formula is C18H18O2. The Morgan fingerprint density at radius 3 is 2.45 bits per heavy atom. The van der Waals surface area contributed by atoms with Gasteiger partial charge in [-0.1, -0.05) is 42.5 Å². The number of rotatable bonds is 5. The number of carbonyl (C=O) groups is 2. The highest BCUT2D eigenvalue weighted by Crippen LogP contribution is 2.15. The first-order chi connectivity index (χ1) is 9.56. The maximum atomic E-state index is 11.9. The van der Waals surface area contributed by atoms with Crippen LogP contribution in [0.3, 0.4) is 0 Å². The second-order valence-corrected chi connectivity index (χ2v) is 5.11. The summed E-state index contributed by atoms with van der Waals surface area (Å²) in [6.45, 7) is 3.52. The molecule has 2 nitrogen and oxygen atoms in total. The average Bonchev–Trinajstić information content (AvgIpc) is 2.41. The molecule has 20 heavy (non-hydrogen) atoms. The van der Waals surface area contributed by atoms with Gasteiger partial charge in [0.2, 0.25) is 0 Å². The number of carbonyl (C=O) groups excluding carboxylic acids is 2. The fraction of sp³-hybridized carbons (Fsp3) is 0.222. The van der Waals surface area contributed by atoms with Gasteiger partial charge in [-0.05, 0) is 43.0 Å². The lowest BCUT2D eigenvalue weighted by atomic mass is 9.97. The van der Waals surface area contributed by atoms with Crippen LogP contribution in [-0.4, -0.2) is 11.6 Å². The smallest absolute Gasteiger partial charge is 0.170 e. The van der Waals surface area contributed by atoms with E-state index in [1.165, 1.54) is 18.1 Å². The molecule has 0 aromatic heterocycles. The van der Waals surface area contributed by atoms with E-state index in [1.807, 2.05) is 30.3 Å². The molecule has 0 saturated heterocycles. The molecule has 2 rings (SSSR count). The van der Waals surface area contributed by atoms with Crippen molar-refractivity contribution < 1.29 is 9.59 Å². The second-order valence-electron chi connectivity index (χ2n) is 5.11. The minimum Gasteiger partial charge on any atom is -0.300 e. The molecule has 0 heterocycles. The SMILES string of the molecule is CC(=O)CC(=O)c1cccc(Cc2ccccc2C)c1. The van der Waals surface area contributed by atoms with Gasteiger partial charge < -0.3 is 0 Å². The Balaban J connectivity index is 2.20. The molecule has 0 spiro atoms. The van der Waals surface area contributed by atoms with Crippen molar-refractivity contribution in [1.29, 1.82) is 0 Å². The maximum absolute atomic E-state index is 11.9. The molecule has 0 aliphatic heterocycles. The third kappa shape index (κ3) is 3.64. The lowest BCUT2D eigenvalue weighted by Crippen LogP contribution is -2.05. The summed E-state index contributed by atoms with van der Waals surface area (Å²) in [5.74, 6) is -0.205. The molecule has 0 unspecified atom stereocenters. The van der Waals surface area contributed by atoms with Gasteiger partial charge in [0.15, 0.2) is 5.78 Å². The number of aryl methyl sites for hydroxylation is 1. The molecule has 0 atom stereocenters. The predicted molar refractivity (Wildman–Crippen MR) is 80.1 cm³/mol. The normalized spacial score (nSPS) is 10.3. The van der Waals surface area contributed by atoms with Crippen molar-refractivity contribution >= 4 is 11.6 Å². The zero-order valence-corrected chi connectivity index (χ0v) is 11.8. The number of benzene rings is 2. The summed E-state index contributed by atoms with van der Waals surface area (Å²) in [7, 11) is 0. The predicted octanol–water partition coefficient (Wildman–Crippen LogP) is 3.75. The fourth-order valence-electron chi connectivity index (χ4n) is 2.21. The van der Waals surface area contributed by atoms with Crippen molar-refractivity contribution in [2.24, 2.45) is 0 Å². The van der Waals surface area contributed by atoms with E-state index in [9.17, 15) is 9.59 Å². The summed E-state index contributed by atoms with van der Waals surface area (Å²) in [5.41, 5.74) is 4.21. The standard InChI is InChI=1S/C18H18O2/c1-13-6-3-4-8-16(13)11-15-7-5-9-17(12-15)18(20)10-14(2)19/h3-9,12H,10-11H2,1-2H3. The van der Waals surface area contributed by atoms with Crippen LogP contribution in [0.15, 0.2) is 48.5 Å². The van der Waals surface area contributed by atoms with Gasteiger partial charge in [0.25, 0.3) is 0 Å². The molecule has 0 aliphatic rings. The zero-order chi connectivity index (χ0) is 14.5. The van der Waals surface area contributed by atoms with E-state index in [2.05, 4.69) is 19.1 Å². The Bertz CT molecular complexity index is 641. The molecule has 0 aliphatic carbocycles. The van der Waals surface area contributed by atoms with Crippen molar-refractivity contribution in [3.8, 4) is 0 Å². The summed E-state index contributed by atoms with van der Waals surface area (Å²) < 4.78 is 0. The molecule has 0 N–H and O–H groups in total. The average molecular weight is 266 g/mol. The maximum Gasteiger partial charge on any atom is 0.170 e. The lowest BCUT2D eigenvalue weighted by molar-refractivity contribution is -0.116. The minimum absolute atomic E-state index is 0.0200. The summed E-state index contributed by atoms with van der Waals surface area (Å²) in [5, 5.41) is 0. The molecule has 2 aromatic carbocycles. The third-order valence-electron chi connectivity index (χ3n) is 3.31. The van der Waals surface area contributed by atoms with Crippen LogP contribution in [0.5, 0.6) is 0 Å². The van der Waals surface area contributed by atoms with Crippen LogP contribution < -0.4 is 0 Å². The summed E-state index contributed by atoms with van der Waals surface area (Å²) in [4.78, 5) is 22.9. The van der Waals surface area contributed by atoms with Crippen LogP contribution in [0.2, 0.25) is 0 Å². The summed E-state index contributed by atoms with van der Waals surface area (Å²) >= 11 is 0. The molecule has 0 radical (unpaired) electrons. The minimum atomic E-state index is -0.107. The quantitative estimate of drug-likeness (QED) is 0.610. The Kier molecular flexibility index (Phi) is 4.46. The van der Waals surface area contributed by atoms with Gasteiger partial charge in [-0.2, -0.15) is 0 Å². The first-order valence-corrected chi connectivity index (χ1v) is 6.72. The molecule has 0 bridgehead atoms. The van der Waals surface area contributed by atoms with Gasteiger partial charge in [0.1, 0.15) is 5.78 Å². The highest BCUT2D eigenvalue weighted by molar-refractivity contribution is 6.07. The van der Waals surface area contributed by atoms with Crippen molar-refractivity contribution in [2.75, 3.05) is 0 Å². The Hall–Kier alpha value is -2.22. The Morgan fingerprint density at radius 1 is 1.00 bits per heavy atom. The van der Waals surface area contributed by atoms with E-state index >= 15 is 0 Å². The topological polar surface area (TPSA) is 34.1 Å². The highest BCUT2D eigenvalue weighted by atomic mass is 16.1. The van der Waals surface area contributed by atoms with Gasteiger partial charge in [-0.3, -0.25) is 9.59 Å². The molecular weight excluding hydrogens is 248 g/mol. The molecule has 0 saturated carbocycles. The van der Waals surface area contributed by atoms with E-state index in [4.69, 9.17) is 0 Å². The van der Waals surface area contributed by atoms with E-state index in [1.54, 1.807) is 6.07 Å². The molecule has 2 aromatic rings. The van der Waals surface area contributed by atoms with Crippen LogP contribution in [0, 0.1) is 6.92 Å². The number of ketones is 2. The van der Waals surface area contributed by atoms with Crippen LogP contribution in [-0.2, 0) is 11.2 Å². The molecule has 102 valence electrons. The van der Waals surface area contributed by atoms with E-state index in [0.717, 1.165) is 12.0 Å². The van der Waals surface area contributed by atoms with Crippen LogP contribution >= 0.6 is 0 Å². The van der Waals surface area contributed by atoms with Crippen molar-refractivity contribution in [1.82, 2.24) is 0 Å². The first kappa shape index (κ1) is 14.2. The van der Waals surface area contributed by atoms with Crippen molar-refractivity contribution in [2.45, 2.75) is 26.7 Å². The van der Waals surface area contributed by atoms with Crippen molar-refractivity contribution in [3.63, 3.8) is 0 Å².